The maximum absolute atomic E-state index is 13.9. The third-order valence-electron chi connectivity index (χ3n) is 6.86. The number of nitrogens with one attached hydrogen (secondary N) is 1. The van der Waals surface area contributed by atoms with E-state index >= 15 is 0 Å². The number of rotatable bonds is 13. The number of alkyl halides is 3. The van der Waals surface area contributed by atoms with Crippen molar-refractivity contribution >= 4 is 27.5 Å². The number of halogens is 3. The predicted octanol–water partition coefficient (Wildman–Crippen LogP) is 5.55. The quantitative estimate of drug-likeness (QED) is 0.253. The van der Waals surface area contributed by atoms with Crippen LogP contribution >= 0.6 is 0 Å². The summed E-state index contributed by atoms with van der Waals surface area (Å²) in [5.41, 5.74) is -0.00268. The molecule has 0 aliphatic heterocycles. The van der Waals surface area contributed by atoms with Crippen molar-refractivity contribution in [3.8, 4) is 5.75 Å². The van der Waals surface area contributed by atoms with Gasteiger partial charge in [-0.05, 0) is 68.3 Å². The number of amides is 2. The summed E-state index contributed by atoms with van der Waals surface area (Å²) in [6.07, 6.45) is -3.18. The van der Waals surface area contributed by atoms with E-state index in [1.807, 2.05) is 6.92 Å². The van der Waals surface area contributed by atoms with Gasteiger partial charge in [0.25, 0.3) is 10.0 Å². The Kier molecular flexibility index (Phi) is 11.2. The number of hydrogen-bond donors (Lipinski definition) is 1. The Bertz CT molecular complexity index is 1490. The molecule has 3 aromatic carbocycles. The molecule has 0 aromatic heterocycles. The maximum Gasteiger partial charge on any atom is 0.416 e. The highest BCUT2D eigenvalue weighted by Gasteiger charge is 2.35. The van der Waals surface area contributed by atoms with Crippen LogP contribution in [0.2, 0.25) is 0 Å². The van der Waals surface area contributed by atoms with E-state index in [2.05, 4.69) is 5.32 Å². The zero-order valence-corrected chi connectivity index (χ0v) is 25.3. The number of aryl methyl sites for hydroxylation is 1. The number of carbonyl (C=O) groups is 2. The molecule has 43 heavy (non-hydrogen) atoms. The average molecular weight is 620 g/mol. The molecule has 2 amide bonds. The number of ether oxygens (including phenoxy) is 1. The molecular weight excluding hydrogens is 583 g/mol. The van der Waals surface area contributed by atoms with Crippen molar-refractivity contribution in [1.82, 2.24) is 10.2 Å². The van der Waals surface area contributed by atoms with Gasteiger partial charge in [-0.1, -0.05) is 49.2 Å². The van der Waals surface area contributed by atoms with Gasteiger partial charge in [0.2, 0.25) is 11.8 Å². The van der Waals surface area contributed by atoms with Crippen LogP contribution in [0.25, 0.3) is 0 Å². The number of benzene rings is 3. The van der Waals surface area contributed by atoms with Crippen molar-refractivity contribution in [2.75, 3.05) is 24.5 Å². The standard InChI is InChI=1S/C31H36F3N3O5S/c1-5-6-18-35-30(39)23(3)36(20-24-12-14-27(42-4)15-13-24)29(38)21-37(26-9-7-8-25(19-26)31(32,33)34)43(40,41)28-16-10-22(2)11-17-28/h7-17,19,23H,5-6,18,20-21H2,1-4H3,(H,35,39). The first-order valence-corrected chi connectivity index (χ1v) is 15.2. The molecule has 0 bridgehead atoms. The smallest absolute Gasteiger partial charge is 0.416 e. The van der Waals surface area contributed by atoms with Crippen molar-refractivity contribution in [1.29, 1.82) is 0 Å². The van der Waals surface area contributed by atoms with Crippen LogP contribution in [-0.4, -0.2) is 51.4 Å². The van der Waals surface area contributed by atoms with Crippen LogP contribution in [0.3, 0.4) is 0 Å². The lowest BCUT2D eigenvalue weighted by Gasteiger charge is -2.32. The van der Waals surface area contributed by atoms with Crippen LogP contribution in [0.15, 0.2) is 77.7 Å². The van der Waals surface area contributed by atoms with Gasteiger partial charge in [-0.15, -0.1) is 0 Å². The molecule has 0 fully saturated rings. The molecule has 1 atom stereocenters. The molecular formula is C31H36F3N3O5S. The molecule has 232 valence electrons. The van der Waals surface area contributed by atoms with E-state index in [9.17, 15) is 31.2 Å². The minimum atomic E-state index is -4.75. The maximum atomic E-state index is 13.9. The number of sulfonamides is 1. The van der Waals surface area contributed by atoms with E-state index in [4.69, 9.17) is 4.74 Å². The molecule has 0 radical (unpaired) electrons. The third-order valence-corrected chi connectivity index (χ3v) is 8.65. The normalized spacial score (nSPS) is 12.3. The summed E-state index contributed by atoms with van der Waals surface area (Å²) in [6, 6.07) is 15.3. The third kappa shape index (κ3) is 8.73. The molecule has 0 heterocycles. The lowest BCUT2D eigenvalue weighted by Crippen LogP contribution is -2.51. The number of hydrogen-bond acceptors (Lipinski definition) is 5. The summed E-state index contributed by atoms with van der Waals surface area (Å²) >= 11 is 0. The zero-order chi connectivity index (χ0) is 31.8. The molecule has 0 aliphatic rings. The van der Waals surface area contributed by atoms with Crippen LogP contribution in [0.1, 0.15) is 43.4 Å². The first kappa shape index (κ1) is 33.4. The van der Waals surface area contributed by atoms with Crippen molar-refractivity contribution in [3.05, 3.63) is 89.5 Å². The van der Waals surface area contributed by atoms with E-state index in [1.165, 1.54) is 37.1 Å². The Morgan fingerprint density at radius 3 is 2.23 bits per heavy atom. The van der Waals surface area contributed by atoms with Gasteiger partial charge in [0.1, 0.15) is 18.3 Å². The highest BCUT2D eigenvalue weighted by Crippen LogP contribution is 2.33. The van der Waals surface area contributed by atoms with E-state index in [0.717, 1.165) is 30.5 Å². The number of carbonyl (C=O) groups excluding carboxylic acids is 2. The van der Waals surface area contributed by atoms with E-state index in [0.29, 0.717) is 28.2 Å². The molecule has 0 spiro atoms. The molecule has 0 saturated carbocycles. The minimum Gasteiger partial charge on any atom is -0.497 e. The minimum absolute atomic E-state index is 0.0633. The van der Waals surface area contributed by atoms with Crippen LogP contribution in [0.5, 0.6) is 5.75 Å². The molecule has 8 nitrogen and oxygen atoms in total. The Hall–Kier alpha value is -4.06. The summed E-state index contributed by atoms with van der Waals surface area (Å²) in [7, 11) is -3.00. The number of nitrogens with zero attached hydrogens (tertiary/aromatic N) is 2. The van der Waals surface area contributed by atoms with Crippen molar-refractivity contribution in [2.45, 2.75) is 57.3 Å². The van der Waals surface area contributed by atoms with Gasteiger partial charge in [-0.25, -0.2) is 8.42 Å². The lowest BCUT2D eigenvalue weighted by atomic mass is 10.1. The van der Waals surface area contributed by atoms with Crippen molar-refractivity contribution in [3.63, 3.8) is 0 Å². The summed E-state index contributed by atoms with van der Waals surface area (Å²) in [5.74, 6) is -0.642. The fraction of sp³-hybridized carbons (Fsp3) is 0.355. The highest BCUT2D eigenvalue weighted by atomic mass is 32.2. The Balaban J connectivity index is 2.06. The van der Waals surface area contributed by atoms with Gasteiger partial charge in [-0.3, -0.25) is 13.9 Å². The summed E-state index contributed by atoms with van der Waals surface area (Å²) in [6.45, 7) is 4.72. The Labute approximate surface area is 250 Å². The van der Waals surface area contributed by atoms with Gasteiger partial charge in [0.05, 0.1) is 23.3 Å². The molecule has 1 N–H and O–H groups in total. The van der Waals surface area contributed by atoms with Gasteiger partial charge in [-0.2, -0.15) is 13.2 Å². The topological polar surface area (TPSA) is 96.0 Å². The fourth-order valence-electron chi connectivity index (χ4n) is 4.25. The second-order valence-corrected chi connectivity index (χ2v) is 11.9. The first-order chi connectivity index (χ1) is 20.3. The molecule has 0 saturated heterocycles. The van der Waals surface area contributed by atoms with Crippen molar-refractivity contribution < 1.29 is 35.9 Å². The van der Waals surface area contributed by atoms with E-state index < -0.39 is 46.2 Å². The van der Waals surface area contributed by atoms with Crippen molar-refractivity contribution in [2.24, 2.45) is 0 Å². The largest absolute Gasteiger partial charge is 0.497 e. The Morgan fingerprint density at radius 2 is 1.65 bits per heavy atom. The monoisotopic (exact) mass is 619 g/mol. The summed E-state index contributed by atoms with van der Waals surface area (Å²) in [5, 5.41) is 2.78. The van der Waals surface area contributed by atoms with Gasteiger partial charge in [0, 0.05) is 13.1 Å². The van der Waals surface area contributed by atoms with Gasteiger partial charge < -0.3 is 15.0 Å². The second-order valence-electron chi connectivity index (χ2n) is 10.1. The van der Waals surface area contributed by atoms with E-state index in [-0.39, 0.29) is 17.1 Å². The predicted molar refractivity (Wildman–Crippen MR) is 158 cm³/mol. The SMILES string of the molecule is CCCCNC(=O)C(C)N(Cc1ccc(OC)cc1)C(=O)CN(c1cccc(C(F)(F)F)c1)S(=O)(=O)c1ccc(C)cc1. The fourth-order valence-corrected chi connectivity index (χ4v) is 5.66. The van der Waals surface area contributed by atoms with Gasteiger partial charge >= 0.3 is 6.18 Å². The first-order valence-electron chi connectivity index (χ1n) is 13.7. The molecule has 3 rings (SSSR count). The molecule has 1 unspecified atom stereocenters. The number of unbranched alkanes of at least 4 members (excludes halogenated alkanes) is 1. The molecule has 12 heteroatoms. The summed E-state index contributed by atoms with van der Waals surface area (Å²) in [4.78, 5) is 28.0. The second kappa shape index (κ2) is 14.4. The highest BCUT2D eigenvalue weighted by molar-refractivity contribution is 7.92. The van der Waals surface area contributed by atoms with Gasteiger partial charge in [0.15, 0.2) is 0 Å². The molecule has 3 aromatic rings. The van der Waals surface area contributed by atoms with Crippen LogP contribution in [-0.2, 0) is 32.3 Å². The molecule has 0 aliphatic carbocycles. The van der Waals surface area contributed by atoms with E-state index in [1.54, 1.807) is 43.3 Å². The zero-order valence-electron chi connectivity index (χ0n) is 24.5. The average Bonchev–Trinajstić information content (AvgIpc) is 2.98. The van der Waals surface area contributed by atoms with Crippen LogP contribution in [0, 0.1) is 6.92 Å². The van der Waals surface area contributed by atoms with Crippen LogP contribution < -0.4 is 14.4 Å². The lowest BCUT2D eigenvalue weighted by molar-refractivity contribution is -0.139. The Morgan fingerprint density at radius 1 is 1.00 bits per heavy atom. The summed E-state index contributed by atoms with van der Waals surface area (Å²) < 4.78 is 74.4. The number of anilines is 1. The number of methoxy groups -OCH3 is 1. The van der Waals surface area contributed by atoms with Crippen LogP contribution in [0.4, 0.5) is 18.9 Å².